The minimum absolute atomic E-state index is 0.0298. The molecular formula is C48H74N4O21S2. The standard InChI is InChI=1S/C48H74N4O21S2/c1-45(2,3)70-41(53)33-37(43(55)72-47(7,8)9)49(74(61,62)39-19-15-13-17-35(39)51(57)58)21-23-65-25-27-67-29-31-69-32-30-68-28-26-66-24-22-50(75(63,64)40-20-16-14-18-36(40)52(59)60)38(44(56)73-48(10,11)12)34-42(54)71-46(4,5)6/h13-20,37-38H,21-34H2,1-12H3/t37-,38-/m0/s1. The van der Waals surface area contributed by atoms with Gasteiger partial charge in [-0.3, -0.25) is 39.4 Å². The van der Waals surface area contributed by atoms with E-state index in [9.17, 15) is 56.2 Å². The highest BCUT2D eigenvalue weighted by atomic mass is 32.2. The molecule has 0 unspecified atom stereocenters. The van der Waals surface area contributed by atoms with E-state index in [1.807, 2.05) is 0 Å². The summed E-state index contributed by atoms with van der Waals surface area (Å²) in [6.07, 6.45) is -1.54. The highest BCUT2D eigenvalue weighted by Gasteiger charge is 2.44. The molecule has 2 rings (SSSR count). The number of ether oxygens (including phenoxy) is 9. The molecule has 0 fully saturated rings. The molecule has 0 radical (unpaired) electrons. The molecule has 0 amide bonds. The van der Waals surface area contributed by atoms with Crippen molar-refractivity contribution in [2.24, 2.45) is 0 Å². The fourth-order valence-electron chi connectivity index (χ4n) is 6.51. The van der Waals surface area contributed by atoms with Crippen molar-refractivity contribution in [1.29, 1.82) is 0 Å². The maximum Gasteiger partial charge on any atom is 0.325 e. The van der Waals surface area contributed by atoms with Gasteiger partial charge >= 0.3 is 23.9 Å². The van der Waals surface area contributed by atoms with Crippen LogP contribution in [0, 0.1) is 20.2 Å². The van der Waals surface area contributed by atoms with Crippen molar-refractivity contribution in [3.8, 4) is 0 Å². The molecule has 0 heterocycles. The number of carbonyl (C=O) groups excluding carboxylic acids is 4. The monoisotopic (exact) mass is 1110 g/mol. The van der Waals surface area contributed by atoms with Crippen molar-refractivity contribution in [2.75, 3.05) is 79.2 Å². The van der Waals surface area contributed by atoms with Gasteiger partial charge in [0.1, 0.15) is 34.5 Å². The summed E-state index contributed by atoms with van der Waals surface area (Å²) in [5.41, 5.74) is -5.69. The molecule has 0 aromatic heterocycles. The van der Waals surface area contributed by atoms with E-state index in [1.165, 1.54) is 24.3 Å². The maximum atomic E-state index is 14.2. The van der Waals surface area contributed by atoms with E-state index in [2.05, 4.69) is 0 Å². The van der Waals surface area contributed by atoms with Crippen molar-refractivity contribution >= 4 is 55.3 Å². The summed E-state index contributed by atoms with van der Waals surface area (Å²) in [5.74, 6) is -4.01. The van der Waals surface area contributed by atoms with Crippen molar-refractivity contribution in [3.05, 3.63) is 68.8 Å². The zero-order valence-corrected chi connectivity index (χ0v) is 46.5. The Kier molecular flexibility index (Phi) is 25.7. The summed E-state index contributed by atoms with van der Waals surface area (Å²) in [5, 5.41) is 23.8. The Morgan fingerprint density at radius 3 is 0.960 bits per heavy atom. The Labute approximate surface area is 439 Å². The second kappa shape index (κ2) is 29.3. The molecule has 2 aromatic rings. The van der Waals surface area contributed by atoms with Crippen LogP contribution in [0.15, 0.2) is 58.3 Å². The van der Waals surface area contributed by atoms with Crippen LogP contribution in [0.25, 0.3) is 0 Å². The molecule has 0 saturated heterocycles. The normalized spacial score (nSPS) is 13.5. The number of para-hydroxylation sites is 2. The number of hydrogen-bond donors (Lipinski definition) is 0. The number of nitrogens with zero attached hydrogens (tertiary/aromatic N) is 4. The van der Waals surface area contributed by atoms with E-state index in [0.717, 1.165) is 24.3 Å². The molecule has 0 bridgehead atoms. The van der Waals surface area contributed by atoms with Gasteiger partial charge in [0.05, 0.1) is 88.8 Å². The third kappa shape index (κ3) is 24.1. The molecule has 0 saturated carbocycles. The highest BCUT2D eigenvalue weighted by Crippen LogP contribution is 2.31. The Morgan fingerprint density at radius 2 is 0.707 bits per heavy atom. The molecule has 0 spiro atoms. The topological polar surface area (TPSA) is 312 Å². The second-order valence-corrected chi connectivity index (χ2v) is 24.1. The summed E-state index contributed by atoms with van der Waals surface area (Å²) in [7, 11) is -9.71. The summed E-state index contributed by atoms with van der Waals surface area (Å²) in [6, 6.07) is 5.58. The van der Waals surface area contributed by atoms with Gasteiger partial charge in [-0.15, -0.1) is 0 Å². The van der Waals surface area contributed by atoms with Gasteiger partial charge in [-0.05, 0) is 95.2 Å². The van der Waals surface area contributed by atoms with Crippen LogP contribution in [0.5, 0.6) is 0 Å². The Bertz CT molecular complexity index is 2280. The Hall–Kier alpha value is -5.26. The first-order chi connectivity index (χ1) is 34.6. The molecule has 0 aliphatic rings. The number of nitro groups is 2. The largest absolute Gasteiger partial charge is 0.460 e. The van der Waals surface area contributed by atoms with Crippen LogP contribution >= 0.6 is 0 Å². The average molecular weight is 1110 g/mol. The molecule has 0 N–H and O–H groups in total. The highest BCUT2D eigenvalue weighted by molar-refractivity contribution is 7.89. The average Bonchev–Trinajstić information content (AvgIpc) is 3.26. The summed E-state index contributed by atoms with van der Waals surface area (Å²) in [6.45, 7) is 17.6. The van der Waals surface area contributed by atoms with Crippen LogP contribution in [0.1, 0.15) is 95.9 Å². The predicted octanol–water partition coefficient (Wildman–Crippen LogP) is 5.15. The molecule has 0 aliphatic carbocycles. The SMILES string of the molecule is CC(C)(C)OC(=O)C[C@@H](C(=O)OC(C)(C)C)N(CCOCCOCCOCCOCCOCCN([C@@H](CC(=O)OC(C)(C)C)C(=O)OC(C)(C)C)S(=O)(=O)c1ccccc1[N+](=O)[O-])S(=O)(=O)c1ccccc1[N+](=O)[O-]. The minimum Gasteiger partial charge on any atom is -0.460 e. The summed E-state index contributed by atoms with van der Waals surface area (Å²) < 4.78 is 108. The number of nitro benzene ring substituents is 2. The quantitative estimate of drug-likeness (QED) is 0.0300. The lowest BCUT2D eigenvalue weighted by Crippen LogP contribution is -2.50. The lowest BCUT2D eigenvalue weighted by atomic mass is 10.1. The van der Waals surface area contributed by atoms with Crippen LogP contribution in [0.2, 0.25) is 0 Å². The molecule has 2 aromatic carbocycles. The van der Waals surface area contributed by atoms with Gasteiger partial charge in [0, 0.05) is 25.2 Å². The van der Waals surface area contributed by atoms with Crippen LogP contribution in [-0.2, 0) is 81.9 Å². The van der Waals surface area contributed by atoms with Crippen molar-refractivity contribution < 1.29 is 88.5 Å². The minimum atomic E-state index is -4.85. The van der Waals surface area contributed by atoms with Gasteiger partial charge in [-0.1, -0.05) is 24.3 Å². The van der Waals surface area contributed by atoms with Crippen LogP contribution in [0.3, 0.4) is 0 Å². The van der Waals surface area contributed by atoms with Crippen LogP contribution in [-0.4, -0.2) is 173 Å². The van der Waals surface area contributed by atoms with E-state index in [0.29, 0.717) is 8.61 Å². The zero-order valence-electron chi connectivity index (χ0n) is 44.9. The lowest BCUT2D eigenvalue weighted by Gasteiger charge is -2.32. The third-order valence-corrected chi connectivity index (χ3v) is 13.2. The smallest absolute Gasteiger partial charge is 0.325 e. The molecular weight excluding hydrogens is 1030 g/mol. The molecule has 75 heavy (non-hydrogen) atoms. The van der Waals surface area contributed by atoms with Crippen LogP contribution in [0.4, 0.5) is 11.4 Å². The fourth-order valence-corrected chi connectivity index (χ4v) is 9.95. The molecule has 2 atom stereocenters. The number of rotatable bonds is 32. The van der Waals surface area contributed by atoms with Crippen LogP contribution < -0.4 is 0 Å². The van der Waals surface area contributed by atoms with Gasteiger partial charge in [0.25, 0.3) is 31.4 Å². The number of sulfonamides is 2. The zero-order chi connectivity index (χ0) is 57.0. The molecule has 25 nitrogen and oxygen atoms in total. The van der Waals surface area contributed by atoms with Crippen molar-refractivity contribution in [1.82, 2.24) is 8.61 Å². The maximum absolute atomic E-state index is 14.2. The van der Waals surface area contributed by atoms with Crippen molar-refractivity contribution in [2.45, 2.75) is 140 Å². The summed E-state index contributed by atoms with van der Waals surface area (Å²) >= 11 is 0. The fraction of sp³-hybridized carbons (Fsp3) is 0.667. The number of carbonyl (C=O) groups is 4. The first-order valence-corrected chi connectivity index (χ1v) is 26.7. The second-order valence-electron chi connectivity index (χ2n) is 20.4. The number of benzene rings is 2. The van der Waals surface area contributed by atoms with E-state index >= 15 is 0 Å². The number of hydrogen-bond acceptors (Lipinski definition) is 21. The van der Waals surface area contributed by atoms with Gasteiger partial charge in [0.15, 0.2) is 9.79 Å². The predicted molar refractivity (Wildman–Crippen MR) is 268 cm³/mol. The Balaban J connectivity index is 1.97. The third-order valence-electron chi connectivity index (χ3n) is 9.31. The van der Waals surface area contributed by atoms with Crippen molar-refractivity contribution in [3.63, 3.8) is 0 Å². The molecule has 0 aliphatic heterocycles. The first kappa shape index (κ1) is 65.9. The van der Waals surface area contributed by atoms with E-state index in [-0.39, 0.29) is 66.1 Å². The van der Waals surface area contributed by atoms with Gasteiger partial charge in [-0.25, -0.2) is 16.8 Å². The Morgan fingerprint density at radius 1 is 0.453 bits per heavy atom. The summed E-state index contributed by atoms with van der Waals surface area (Å²) in [4.78, 5) is 73.8. The molecule has 27 heteroatoms. The molecule has 424 valence electrons. The van der Waals surface area contributed by atoms with Gasteiger partial charge in [0.2, 0.25) is 0 Å². The number of esters is 4. The van der Waals surface area contributed by atoms with E-state index in [1.54, 1.807) is 83.1 Å². The van der Waals surface area contributed by atoms with Gasteiger partial charge in [-0.2, -0.15) is 8.61 Å². The lowest BCUT2D eigenvalue weighted by molar-refractivity contribution is -0.388. The van der Waals surface area contributed by atoms with E-state index < -0.39 is 135 Å². The first-order valence-electron chi connectivity index (χ1n) is 23.9. The van der Waals surface area contributed by atoms with E-state index in [4.69, 9.17) is 42.6 Å². The van der Waals surface area contributed by atoms with Gasteiger partial charge < -0.3 is 42.6 Å².